The molecule has 1 N–H and O–H groups in total. The van der Waals surface area contributed by atoms with Crippen LogP contribution in [0.25, 0.3) is 0 Å². The average Bonchev–Trinajstić information content (AvgIpc) is 3.58. The zero-order valence-corrected chi connectivity index (χ0v) is 29.2. The molecule has 3 aromatic rings. The van der Waals surface area contributed by atoms with Gasteiger partial charge in [-0.1, -0.05) is 19.4 Å². The zero-order chi connectivity index (χ0) is 37.4. The molecule has 0 saturated carbocycles. The lowest BCUT2D eigenvalue weighted by Crippen LogP contribution is -2.69. The Morgan fingerprint density at radius 2 is 1.77 bits per heavy atom. The van der Waals surface area contributed by atoms with Crippen LogP contribution in [-0.2, 0) is 30.1 Å². The largest absolute Gasteiger partial charge is 0.474 e. The molecule has 2 fully saturated rings. The van der Waals surface area contributed by atoms with Gasteiger partial charge in [0.25, 0.3) is 11.8 Å². The molecule has 2 saturated heterocycles. The van der Waals surface area contributed by atoms with E-state index >= 15 is 4.79 Å². The fraction of sp³-hybridized carbons (Fsp3) is 0.528. The number of carbonyl (C=O) groups excluding carboxylic acids is 2. The summed E-state index contributed by atoms with van der Waals surface area (Å²) in [6.45, 7) is 3.14. The fourth-order valence-electron chi connectivity index (χ4n) is 7.73. The van der Waals surface area contributed by atoms with Crippen LogP contribution in [0.3, 0.4) is 0 Å². The Labute approximate surface area is 300 Å². The molecule has 3 atom stereocenters. The minimum Gasteiger partial charge on any atom is -0.474 e. The smallest absolute Gasteiger partial charge is 0.425 e. The summed E-state index contributed by atoms with van der Waals surface area (Å²) in [6, 6.07) is 5.10. The number of alkyl halides is 6. The van der Waals surface area contributed by atoms with Crippen molar-refractivity contribution in [1.29, 1.82) is 0 Å². The monoisotopic (exact) mass is 756 g/mol. The van der Waals surface area contributed by atoms with Gasteiger partial charge in [-0.25, -0.2) is 4.39 Å². The fourth-order valence-corrected chi connectivity index (χ4v) is 8.41. The van der Waals surface area contributed by atoms with Crippen LogP contribution in [0.5, 0.6) is 5.75 Å². The van der Waals surface area contributed by atoms with Crippen LogP contribution in [-0.4, -0.2) is 86.6 Å². The van der Waals surface area contributed by atoms with Crippen LogP contribution >= 0.6 is 11.3 Å². The number of carbonyl (C=O) groups is 2. The van der Waals surface area contributed by atoms with E-state index in [1.807, 2.05) is 0 Å². The lowest BCUT2D eigenvalue weighted by molar-refractivity contribution is -0.163. The Bertz CT molecular complexity index is 1760. The number of piperidine rings is 2. The molecule has 0 unspecified atom stereocenters. The highest BCUT2D eigenvalue weighted by Gasteiger charge is 2.57. The number of pyridine rings is 1. The molecular weight excluding hydrogens is 717 g/mol. The Balaban J connectivity index is 1.45. The number of hydrogen-bond acceptors (Lipinski definition) is 7. The van der Waals surface area contributed by atoms with Crippen LogP contribution in [0.1, 0.15) is 77.5 Å². The maximum atomic E-state index is 15.4. The lowest BCUT2D eigenvalue weighted by Gasteiger charge is -2.52. The first-order chi connectivity index (χ1) is 24.6. The van der Waals surface area contributed by atoms with Crippen LogP contribution in [0.2, 0.25) is 0 Å². The number of nitrogens with zero attached hydrogens (tertiary/aromatic N) is 4. The van der Waals surface area contributed by atoms with E-state index in [1.54, 1.807) is 17.9 Å². The molecule has 0 bridgehead atoms. The van der Waals surface area contributed by atoms with E-state index in [4.69, 9.17) is 4.74 Å². The molecule has 3 aliphatic heterocycles. The second-order valence-corrected chi connectivity index (χ2v) is 14.6. The van der Waals surface area contributed by atoms with E-state index in [2.05, 4.69) is 9.88 Å². The van der Waals surface area contributed by atoms with Gasteiger partial charge < -0.3 is 24.5 Å². The number of fused-ring (bicyclic) bond motifs is 1. The molecule has 16 heteroatoms. The van der Waals surface area contributed by atoms with Gasteiger partial charge in [-0.3, -0.25) is 14.6 Å². The van der Waals surface area contributed by atoms with Crippen LogP contribution < -0.4 is 4.74 Å². The number of hydrogen-bond donors (Lipinski definition) is 1. The van der Waals surface area contributed by atoms with Crippen molar-refractivity contribution in [3.8, 4) is 5.75 Å². The number of ether oxygens (including phenoxy) is 1. The minimum absolute atomic E-state index is 0.00335. The van der Waals surface area contributed by atoms with Gasteiger partial charge in [0.15, 0.2) is 0 Å². The van der Waals surface area contributed by atoms with Gasteiger partial charge in [-0.2, -0.15) is 26.3 Å². The van der Waals surface area contributed by atoms with Crippen molar-refractivity contribution in [3.63, 3.8) is 0 Å². The first-order valence-corrected chi connectivity index (χ1v) is 18.2. The topological polar surface area (TPSA) is 86.2 Å². The summed E-state index contributed by atoms with van der Waals surface area (Å²) in [6.07, 6.45) is -7.26. The van der Waals surface area contributed by atoms with Crippen molar-refractivity contribution < 1.29 is 50.2 Å². The van der Waals surface area contributed by atoms with Gasteiger partial charge >= 0.3 is 12.4 Å². The zero-order valence-electron chi connectivity index (χ0n) is 28.4. The second-order valence-electron chi connectivity index (χ2n) is 13.7. The summed E-state index contributed by atoms with van der Waals surface area (Å²) in [7, 11) is 0. The molecule has 2 amide bonds. The number of aliphatic hydroxyl groups excluding tert-OH is 1. The average molecular weight is 757 g/mol. The van der Waals surface area contributed by atoms with E-state index in [0.29, 0.717) is 61.4 Å². The van der Waals surface area contributed by atoms with Gasteiger partial charge in [0.1, 0.15) is 22.1 Å². The van der Waals surface area contributed by atoms with Gasteiger partial charge in [0, 0.05) is 62.8 Å². The molecule has 2 aromatic heterocycles. The van der Waals surface area contributed by atoms with Gasteiger partial charge in [0.05, 0.1) is 17.7 Å². The summed E-state index contributed by atoms with van der Waals surface area (Å²) < 4.78 is 104. The Morgan fingerprint density at radius 3 is 2.44 bits per heavy atom. The third-order valence-electron chi connectivity index (χ3n) is 10.2. The van der Waals surface area contributed by atoms with E-state index < -0.39 is 69.9 Å². The van der Waals surface area contributed by atoms with Gasteiger partial charge in [-0.15, -0.1) is 11.3 Å². The molecule has 0 spiro atoms. The summed E-state index contributed by atoms with van der Waals surface area (Å²) >= 11 is 0.377. The number of likely N-dealkylation sites (tertiary alicyclic amines) is 2. The van der Waals surface area contributed by atoms with E-state index in [0.717, 1.165) is 34.7 Å². The van der Waals surface area contributed by atoms with Crippen LogP contribution in [0.4, 0.5) is 30.7 Å². The SMILES string of the molecule is CCC[C@H]1N(C(=O)c2ncccc2C(F)(F)F)CCC[C@@]1(Oc1csc(C(F)(F)F)c1)C(=O)N1Cc2ccc(F)cc2C[C@H]1CN1CCC(O)CC1. The highest BCUT2D eigenvalue weighted by molar-refractivity contribution is 7.10. The molecule has 0 radical (unpaired) electrons. The molecule has 282 valence electrons. The normalized spacial score (nSPS) is 23.4. The van der Waals surface area contributed by atoms with Crippen molar-refractivity contribution in [2.45, 2.75) is 94.6 Å². The van der Waals surface area contributed by atoms with E-state index in [9.17, 15) is 40.6 Å². The number of rotatable bonds is 8. The molecule has 52 heavy (non-hydrogen) atoms. The number of aliphatic hydroxyl groups is 1. The number of aromatic nitrogens is 1. The first kappa shape index (κ1) is 38.0. The highest BCUT2D eigenvalue weighted by atomic mass is 32.1. The molecule has 0 aliphatic carbocycles. The minimum atomic E-state index is -4.91. The standard InChI is InChI=1S/C36H39F7N4O4S/c1-2-5-29-34(51-27-18-30(52-21-27)36(41,42)43,11-4-13-46(29)32(49)31-28(35(38,39)40)6-3-12-44-31)33(50)47-19-22-7-8-24(37)16-23(22)17-25(47)20-45-14-9-26(48)10-15-45/h3,6-8,12,16,18,21,25-26,29,48H,2,4-5,9-11,13-15,17,19-20H2,1H3/t25-,29+,34-/m0/s1. The molecule has 1 aromatic carbocycles. The van der Waals surface area contributed by atoms with Crippen LogP contribution in [0.15, 0.2) is 48.0 Å². The first-order valence-electron chi connectivity index (χ1n) is 17.3. The number of halogens is 7. The number of thiophene rings is 1. The maximum Gasteiger partial charge on any atom is 0.425 e. The third kappa shape index (κ3) is 7.79. The maximum absolute atomic E-state index is 15.4. The number of amides is 2. The van der Waals surface area contributed by atoms with Crippen molar-refractivity contribution in [2.24, 2.45) is 0 Å². The summed E-state index contributed by atoms with van der Waals surface area (Å²) in [4.78, 5) is 37.2. The van der Waals surface area contributed by atoms with Gasteiger partial charge in [0.2, 0.25) is 5.60 Å². The Kier molecular flexibility index (Phi) is 10.9. The molecular formula is C36H39F7N4O4S. The van der Waals surface area contributed by atoms with E-state index in [-0.39, 0.29) is 44.5 Å². The van der Waals surface area contributed by atoms with E-state index in [1.165, 1.54) is 12.1 Å². The summed E-state index contributed by atoms with van der Waals surface area (Å²) in [5.74, 6) is -2.41. The summed E-state index contributed by atoms with van der Waals surface area (Å²) in [5.41, 5.74) is -2.76. The van der Waals surface area contributed by atoms with Crippen molar-refractivity contribution in [3.05, 3.63) is 81.1 Å². The predicted molar refractivity (Wildman–Crippen MR) is 177 cm³/mol. The van der Waals surface area contributed by atoms with Crippen LogP contribution in [0, 0.1) is 5.82 Å². The second kappa shape index (κ2) is 14.9. The molecule has 3 aliphatic rings. The highest BCUT2D eigenvalue weighted by Crippen LogP contribution is 2.43. The Morgan fingerprint density at radius 1 is 1.02 bits per heavy atom. The quantitative estimate of drug-likeness (QED) is 0.251. The summed E-state index contributed by atoms with van der Waals surface area (Å²) in [5, 5.41) is 11.2. The Hall–Kier alpha value is -3.76. The lowest BCUT2D eigenvalue weighted by atomic mass is 9.78. The van der Waals surface area contributed by atoms with Crippen molar-refractivity contribution in [1.82, 2.24) is 19.7 Å². The van der Waals surface area contributed by atoms with Crippen molar-refractivity contribution >= 4 is 23.2 Å². The van der Waals surface area contributed by atoms with Gasteiger partial charge in [-0.05, 0) is 67.5 Å². The number of benzene rings is 1. The third-order valence-corrected chi connectivity index (χ3v) is 11.2. The predicted octanol–water partition coefficient (Wildman–Crippen LogP) is 6.95. The molecule has 6 rings (SSSR count). The molecule has 8 nitrogen and oxygen atoms in total. The van der Waals surface area contributed by atoms with Crippen molar-refractivity contribution in [2.75, 3.05) is 26.2 Å². The molecule has 5 heterocycles.